The Hall–Kier alpha value is -1.30. The van der Waals surface area contributed by atoms with Crippen LogP contribution in [0.4, 0.5) is 4.79 Å². The number of likely N-dealkylation sites (tertiary alicyclic amines) is 1. The number of hydrogen-bond acceptors (Lipinski definition) is 3. The van der Waals surface area contributed by atoms with Crippen LogP contribution in [0.15, 0.2) is 0 Å². The minimum Gasteiger partial charge on any atom is -0.481 e. The van der Waals surface area contributed by atoms with Gasteiger partial charge in [0.15, 0.2) is 0 Å². The van der Waals surface area contributed by atoms with Crippen LogP contribution in [0.25, 0.3) is 0 Å². The van der Waals surface area contributed by atoms with E-state index in [1.807, 2.05) is 0 Å². The Labute approximate surface area is 114 Å². The molecule has 0 saturated carbocycles. The van der Waals surface area contributed by atoms with Crippen LogP contribution in [0, 0.1) is 5.92 Å². The first-order valence-electron chi connectivity index (χ1n) is 6.85. The molecule has 0 radical (unpaired) electrons. The quantitative estimate of drug-likeness (QED) is 0.750. The molecule has 1 saturated heterocycles. The van der Waals surface area contributed by atoms with Gasteiger partial charge in [0.1, 0.15) is 0 Å². The average Bonchev–Trinajstić information content (AvgIpc) is 2.81. The van der Waals surface area contributed by atoms with E-state index in [4.69, 9.17) is 5.11 Å². The SMILES string of the molecule is CC(C)N1CCC(CNC(=O)N(C)CCC(=O)O)C1. The van der Waals surface area contributed by atoms with Gasteiger partial charge in [-0.25, -0.2) is 4.79 Å². The largest absolute Gasteiger partial charge is 0.481 e. The van der Waals surface area contributed by atoms with Gasteiger partial charge in [-0.15, -0.1) is 0 Å². The van der Waals surface area contributed by atoms with Crippen LogP contribution in [0.2, 0.25) is 0 Å². The van der Waals surface area contributed by atoms with E-state index in [0.717, 1.165) is 19.5 Å². The molecule has 0 aromatic rings. The van der Waals surface area contributed by atoms with Crippen molar-refractivity contribution in [2.45, 2.75) is 32.7 Å². The lowest BCUT2D eigenvalue weighted by Gasteiger charge is -2.21. The van der Waals surface area contributed by atoms with Crippen LogP contribution < -0.4 is 5.32 Å². The van der Waals surface area contributed by atoms with Crippen molar-refractivity contribution in [3.8, 4) is 0 Å². The van der Waals surface area contributed by atoms with Crippen molar-refractivity contribution >= 4 is 12.0 Å². The lowest BCUT2D eigenvalue weighted by Crippen LogP contribution is -2.41. The van der Waals surface area contributed by atoms with Gasteiger partial charge in [0.05, 0.1) is 6.42 Å². The van der Waals surface area contributed by atoms with Crippen LogP contribution in [0.5, 0.6) is 0 Å². The second-order valence-electron chi connectivity index (χ2n) is 5.49. The summed E-state index contributed by atoms with van der Waals surface area (Å²) in [6, 6.07) is 0.364. The Bertz CT molecular complexity index is 320. The summed E-state index contributed by atoms with van der Waals surface area (Å²) in [7, 11) is 1.62. The number of carbonyl (C=O) groups excluding carboxylic acids is 1. The summed E-state index contributed by atoms with van der Waals surface area (Å²) < 4.78 is 0. The summed E-state index contributed by atoms with van der Waals surface area (Å²) in [5.41, 5.74) is 0. The molecule has 2 amide bonds. The highest BCUT2D eigenvalue weighted by Crippen LogP contribution is 2.17. The maximum atomic E-state index is 11.7. The maximum Gasteiger partial charge on any atom is 0.317 e. The van der Waals surface area contributed by atoms with Crippen molar-refractivity contribution in [1.82, 2.24) is 15.1 Å². The highest BCUT2D eigenvalue weighted by atomic mass is 16.4. The number of carboxylic acid groups (broad SMARTS) is 1. The van der Waals surface area contributed by atoms with Gasteiger partial charge in [0.25, 0.3) is 0 Å². The highest BCUT2D eigenvalue weighted by Gasteiger charge is 2.24. The second-order valence-corrected chi connectivity index (χ2v) is 5.49. The number of amides is 2. The van der Waals surface area contributed by atoms with Crippen LogP contribution in [-0.4, -0.2) is 66.2 Å². The molecule has 0 aliphatic carbocycles. The fourth-order valence-corrected chi connectivity index (χ4v) is 2.23. The molecule has 1 rings (SSSR count). The van der Waals surface area contributed by atoms with Gasteiger partial charge < -0.3 is 20.2 Å². The van der Waals surface area contributed by atoms with E-state index in [1.54, 1.807) is 7.05 Å². The summed E-state index contributed by atoms with van der Waals surface area (Å²) in [6.07, 6.45) is 1.09. The number of hydrogen-bond donors (Lipinski definition) is 2. The Morgan fingerprint density at radius 3 is 2.68 bits per heavy atom. The van der Waals surface area contributed by atoms with Gasteiger partial charge in [-0.2, -0.15) is 0 Å². The summed E-state index contributed by atoms with van der Waals surface area (Å²) in [4.78, 5) is 26.0. The zero-order valence-corrected chi connectivity index (χ0v) is 12.1. The minimum absolute atomic E-state index is 0.0194. The Morgan fingerprint density at radius 1 is 1.47 bits per heavy atom. The van der Waals surface area contributed by atoms with Gasteiger partial charge >= 0.3 is 12.0 Å². The summed E-state index contributed by atoms with van der Waals surface area (Å²) >= 11 is 0. The first-order chi connectivity index (χ1) is 8.90. The molecule has 2 N–H and O–H groups in total. The van der Waals surface area contributed by atoms with Crippen LogP contribution in [-0.2, 0) is 4.79 Å². The van der Waals surface area contributed by atoms with Crippen molar-refractivity contribution in [1.29, 1.82) is 0 Å². The van der Waals surface area contributed by atoms with E-state index in [2.05, 4.69) is 24.1 Å². The molecule has 1 fully saturated rings. The van der Waals surface area contributed by atoms with E-state index in [-0.39, 0.29) is 19.0 Å². The zero-order chi connectivity index (χ0) is 14.4. The lowest BCUT2D eigenvalue weighted by atomic mass is 10.1. The monoisotopic (exact) mass is 271 g/mol. The molecule has 1 aliphatic rings. The fraction of sp³-hybridized carbons (Fsp3) is 0.846. The van der Waals surface area contributed by atoms with Crippen LogP contribution >= 0.6 is 0 Å². The van der Waals surface area contributed by atoms with Gasteiger partial charge in [-0.1, -0.05) is 0 Å². The van der Waals surface area contributed by atoms with Gasteiger partial charge in [0.2, 0.25) is 0 Å². The van der Waals surface area contributed by atoms with Crippen molar-refractivity contribution < 1.29 is 14.7 Å². The third kappa shape index (κ3) is 5.46. The van der Waals surface area contributed by atoms with Crippen molar-refractivity contribution in [2.24, 2.45) is 5.92 Å². The molecule has 0 aromatic carbocycles. The van der Waals surface area contributed by atoms with E-state index >= 15 is 0 Å². The van der Waals surface area contributed by atoms with Crippen molar-refractivity contribution in [3.05, 3.63) is 0 Å². The molecular formula is C13H25N3O3. The molecule has 1 atom stereocenters. The lowest BCUT2D eigenvalue weighted by molar-refractivity contribution is -0.137. The molecule has 1 unspecified atom stereocenters. The normalized spacial score (nSPS) is 19.7. The minimum atomic E-state index is -0.886. The highest BCUT2D eigenvalue weighted by molar-refractivity contribution is 5.74. The van der Waals surface area contributed by atoms with Crippen LogP contribution in [0.3, 0.4) is 0 Å². The second kappa shape index (κ2) is 7.33. The van der Waals surface area contributed by atoms with Crippen LogP contribution in [0.1, 0.15) is 26.7 Å². The van der Waals surface area contributed by atoms with E-state index in [9.17, 15) is 9.59 Å². The summed E-state index contributed by atoms with van der Waals surface area (Å²) in [6.45, 7) is 7.38. The van der Waals surface area contributed by atoms with E-state index < -0.39 is 5.97 Å². The Morgan fingerprint density at radius 2 is 2.16 bits per heavy atom. The molecular weight excluding hydrogens is 246 g/mol. The van der Waals surface area contributed by atoms with E-state index in [1.165, 1.54) is 4.90 Å². The fourth-order valence-electron chi connectivity index (χ4n) is 2.23. The summed E-state index contributed by atoms with van der Waals surface area (Å²) in [5, 5.41) is 11.4. The first-order valence-corrected chi connectivity index (χ1v) is 6.85. The number of aliphatic carboxylic acids is 1. The number of rotatable bonds is 6. The molecule has 1 aliphatic heterocycles. The van der Waals surface area contributed by atoms with E-state index in [0.29, 0.717) is 18.5 Å². The average molecular weight is 271 g/mol. The number of nitrogens with one attached hydrogen (secondary N) is 1. The van der Waals surface area contributed by atoms with Crippen molar-refractivity contribution in [3.63, 3.8) is 0 Å². The number of carboxylic acids is 1. The first kappa shape index (κ1) is 15.8. The third-order valence-electron chi connectivity index (χ3n) is 3.60. The smallest absolute Gasteiger partial charge is 0.317 e. The number of carbonyl (C=O) groups is 2. The molecule has 0 aromatic heterocycles. The summed E-state index contributed by atoms with van der Waals surface area (Å²) in [5.74, 6) is -0.387. The topological polar surface area (TPSA) is 72.9 Å². The predicted octanol–water partition coefficient (Wildman–Crippen LogP) is 0.833. The van der Waals surface area contributed by atoms with Gasteiger partial charge in [0, 0.05) is 32.7 Å². The standard InChI is InChI=1S/C13H25N3O3/c1-10(2)16-7-4-11(9-16)8-14-13(19)15(3)6-5-12(17)18/h10-11H,4-9H2,1-3H3,(H,14,19)(H,17,18). The Kier molecular flexibility index (Phi) is 6.08. The zero-order valence-electron chi connectivity index (χ0n) is 12.1. The molecule has 6 nitrogen and oxygen atoms in total. The number of urea groups is 1. The Balaban J connectivity index is 2.21. The van der Waals surface area contributed by atoms with Crippen molar-refractivity contribution in [2.75, 3.05) is 33.2 Å². The third-order valence-corrected chi connectivity index (χ3v) is 3.60. The molecule has 0 spiro atoms. The van der Waals surface area contributed by atoms with Gasteiger partial charge in [-0.05, 0) is 32.7 Å². The molecule has 6 heteroatoms. The number of nitrogens with zero attached hydrogens (tertiary/aromatic N) is 2. The molecule has 19 heavy (non-hydrogen) atoms. The molecule has 1 heterocycles. The predicted molar refractivity (Wildman–Crippen MR) is 73.1 cm³/mol. The molecule has 0 bridgehead atoms. The maximum absolute atomic E-state index is 11.7. The molecule has 110 valence electrons. The van der Waals surface area contributed by atoms with Gasteiger partial charge in [-0.3, -0.25) is 4.79 Å².